The summed E-state index contributed by atoms with van der Waals surface area (Å²) in [6.07, 6.45) is -4.69. The van der Waals surface area contributed by atoms with E-state index in [1.807, 2.05) is 32.0 Å². The Kier molecular flexibility index (Phi) is 10.3. The summed E-state index contributed by atoms with van der Waals surface area (Å²) in [5.74, 6) is 1.24. The Hall–Kier alpha value is -1.25. The summed E-state index contributed by atoms with van der Waals surface area (Å²) in [5.41, 5.74) is 5.61. The standard InChI is InChI=1S/C18H18F3NOS2.C2H6S/c1-3-24-14-4-5-16(11(2)6-14)25-15-8-12(9-17(22)23)7-13(10-15)18(19,20)21;1-2-3/h4-8,10H,3,9H2,1-2H3,(H2,22,23);3H,2H2,1H3. The molecule has 0 aromatic heterocycles. The molecule has 154 valence electrons. The monoisotopic (exact) mass is 447 g/mol. The number of primary amides is 1. The first-order valence-electron chi connectivity index (χ1n) is 8.62. The molecule has 2 nitrogen and oxygen atoms in total. The fourth-order valence-electron chi connectivity index (χ4n) is 2.31. The van der Waals surface area contributed by atoms with E-state index in [0.29, 0.717) is 4.90 Å². The lowest BCUT2D eigenvalue weighted by molar-refractivity contribution is -0.137. The molecule has 0 aliphatic heterocycles. The van der Waals surface area contributed by atoms with Crippen LogP contribution in [0.5, 0.6) is 0 Å². The van der Waals surface area contributed by atoms with Crippen molar-refractivity contribution < 1.29 is 18.0 Å². The van der Waals surface area contributed by atoms with Gasteiger partial charge in [-0.25, -0.2) is 0 Å². The van der Waals surface area contributed by atoms with E-state index >= 15 is 0 Å². The van der Waals surface area contributed by atoms with Gasteiger partial charge in [-0.1, -0.05) is 25.6 Å². The van der Waals surface area contributed by atoms with Gasteiger partial charge in [-0.2, -0.15) is 25.8 Å². The van der Waals surface area contributed by atoms with E-state index in [9.17, 15) is 18.0 Å². The number of benzene rings is 2. The molecule has 0 heterocycles. The number of aryl methyl sites for hydroxylation is 1. The molecular weight excluding hydrogens is 423 g/mol. The highest BCUT2D eigenvalue weighted by Crippen LogP contribution is 2.37. The maximum atomic E-state index is 13.1. The predicted octanol–water partition coefficient (Wildman–Crippen LogP) is 6.24. The van der Waals surface area contributed by atoms with Gasteiger partial charge in [0.05, 0.1) is 12.0 Å². The lowest BCUT2D eigenvalue weighted by Gasteiger charge is -2.13. The Morgan fingerprint density at radius 2 is 1.75 bits per heavy atom. The number of thioether (sulfide) groups is 1. The van der Waals surface area contributed by atoms with Crippen LogP contribution in [0.25, 0.3) is 0 Å². The second-order valence-electron chi connectivity index (χ2n) is 5.79. The molecular formula is C20H24F3NOS3. The van der Waals surface area contributed by atoms with Crippen LogP contribution in [0.1, 0.15) is 30.5 Å². The van der Waals surface area contributed by atoms with Crippen molar-refractivity contribution >= 4 is 42.1 Å². The number of thiol groups is 1. The third-order valence-electron chi connectivity index (χ3n) is 3.36. The van der Waals surface area contributed by atoms with Crippen LogP contribution in [0.3, 0.4) is 0 Å². The third kappa shape index (κ3) is 8.41. The van der Waals surface area contributed by atoms with Crippen LogP contribution >= 0.6 is 36.2 Å². The molecule has 0 radical (unpaired) electrons. The molecule has 0 unspecified atom stereocenters. The molecule has 8 heteroatoms. The summed E-state index contributed by atoms with van der Waals surface area (Å²) < 4.78 is 39.3. The fourth-order valence-corrected chi connectivity index (χ4v) is 4.07. The number of carbonyl (C=O) groups is 1. The molecule has 28 heavy (non-hydrogen) atoms. The van der Waals surface area contributed by atoms with Gasteiger partial charge in [0.2, 0.25) is 5.91 Å². The summed E-state index contributed by atoms with van der Waals surface area (Å²) in [4.78, 5) is 13.5. The van der Waals surface area contributed by atoms with E-state index in [2.05, 4.69) is 19.6 Å². The molecule has 0 spiro atoms. The molecule has 2 aromatic rings. The lowest BCUT2D eigenvalue weighted by atomic mass is 10.1. The number of hydrogen-bond donors (Lipinski definition) is 2. The molecule has 0 aliphatic carbocycles. The Morgan fingerprint density at radius 1 is 1.11 bits per heavy atom. The second-order valence-corrected chi connectivity index (χ2v) is 8.87. The Balaban J connectivity index is 0.00000122. The normalized spacial score (nSPS) is 11.0. The van der Waals surface area contributed by atoms with E-state index in [1.165, 1.54) is 11.8 Å². The van der Waals surface area contributed by atoms with Crippen molar-refractivity contribution in [3.63, 3.8) is 0 Å². The highest BCUT2D eigenvalue weighted by Gasteiger charge is 2.31. The largest absolute Gasteiger partial charge is 0.416 e. The van der Waals surface area contributed by atoms with Crippen molar-refractivity contribution in [2.45, 2.75) is 48.1 Å². The molecule has 0 saturated heterocycles. The summed E-state index contributed by atoms with van der Waals surface area (Å²) in [6.45, 7) is 5.98. The van der Waals surface area contributed by atoms with Crippen LogP contribution in [0, 0.1) is 6.92 Å². The molecule has 0 aliphatic rings. The Bertz CT molecular complexity index is 795. The van der Waals surface area contributed by atoms with Crippen LogP contribution in [-0.2, 0) is 17.4 Å². The molecule has 1 amide bonds. The topological polar surface area (TPSA) is 43.1 Å². The molecule has 0 fully saturated rings. The first kappa shape index (κ1) is 24.8. The van der Waals surface area contributed by atoms with Gasteiger partial charge in [0, 0.05) is 14.7 Å². The average Bonchev–Trinajstić information content (AvgIpc) is 2.57. The van der Waals surface area contributed by atoms with Crippen molar-refractivity contribution in [3.8, 4) is 0 Å². The number of carbonyl (C=O) groups excluding carboxylic acids is 1. The van der Waals surface area contributed by atoms with Crippen molar-refractivity contribution in [2.24, 2.45) is 5.73 Å². The van der Waals surface area contributed by atoms with Gasteiger partial charge in [0.1, 0.15) is 0 Å². The van der Waals surface area contributed by atoms with Crippen LogP contribution in [0.15, 0.2) is 51.1 Å². The van der Waals surface area contributed by atoms with E-state index in [1.54, 1.807) is 17.8 Å². The number of rotatable bonds is 6. The second kappa shape index (κ2) is 11.7. The molecule has 0 bridgehead atoms. The van der Waals surface area contributed by atoms with Gasteiger partial charge in [0.25, 0.3) is 0 Å². The number of alkyl halides is 3. The van der Waals surface area contributed by atoms with E-state index < -0.39 is 17.6 Å². The smallest absolute Gasteiger partial charge is 0.369 e. The van der Waals surface area contributed by atoms with Crippen LogP contribution in [0.2, 0.25) is 0 Å². The van der Waals surface area contributed by atoms with Crippen molar-refractivity contribution in [3.05, 3.63) is 53.1 Å². The molecule has 2 aromatic carbocycles. The van der Waals surface area contributed by atoms with Crippen molar-refractivity contribution in [2.75, 3.05) is 11.5 Å². The zero-order valence-corrected chi connectivity index (χ0v) is 18.5. The van der Waals surface area contributed by atoms with Crippen LogP contribution in [-0.4, -0.2) is 17.4 Å². The number of amides is 1. The minimum Gasteiger partial charge on any atom is -0.369 e. The highest BCUT2D eigenvalue weighted by molar-refractivity contribution is 7.99. The van der Waals surface area contributed by atoms with Crippen LogP contribution in [0.4, 0.5) is 13.2 Å². The molecule has 2 rings (SSSR count). The van der Waals surface area contributed by atoms with E-state index in [-0.39, 0.29) is 12.0 Å². The Labute approximate surface area is 178 Å². The minimum atomic E-state index is -4.47. The van der Waals surface area contributed by atoms with E-state index in [0.717, 1.165) is 39.0 Å². The molecule has 0 atom stereocenters. The van der Waals surface area contributed by atoms with Gasteiger partial charge in [-0.15, -0.1) is 11.8 Å². The molecule has 2 N–H and O–H groups in total. The maximum Gasteiger partial charge on any atom is 0.416 e. The zero-order valence-electron chi connectivity index (χ0n) is 16.0. The van der Waals surface area contributed by atoms with Gasteiger partial charge in [-0.3, -0.25) is 4.79 Å². The number of nitrogens with two attached hydrogens (primary N) is 1. The zero-order chi connectivity index (χ0) is 21.3. The maximum absolute atomic E-state index is 13.1. The van der Waals surface area contributed by atoms with Gasteiger partial charge >= 0.3 is 6.18 Å². The van der Waals surface area contributed by atoms with E-state index in [4.69, 9.17) is 5.73 Å². The molecule has 0 saturated carbocycles. The highest BCUT2D eigenvalue weighted by atomic mass is 32.2. The first-order chi connectivity index (χ1) is 13.1. The minimum absolute atomic E-state index is 0.220. The summed E-state index contributed by atoms with van der Waals surface area (Å²) in [5, 5.41) is 0. The first-order valence-corrected chi connectivity index (χ1v) is 11.1. The summed E-state index contributed by atoms with van der Waals surface area (Å²) in [6, 6.07) is 9.55. The van der Waals surface area contributed by atoms with Gasteiger partial charge < -0.3 is 5.73 Å². The quantitative estimate of drug-likeness (QED) is 0.407. The third-order valence-corrected chi connectivity index (χ3v) is 5.38. The van der Waals surface area contributed by atoms with Crippen LogP contribution < -0.4 is 5.73 Å². The summed E-state index contributed by atoms with van der Waals surface area (Å²) >= 11 is 6.75. The predicted molar refractivity (Wildman–Crippen MR) is 116 cm³/mol. The number of hydrogen-bond acceptors (Lipinski definition) is 4. The van der Waals surface area contributed by atoms with Crippen molar-refractivity contribution in [1.82, 2.24) is 0 Å². The average molecular weight is 448 g/mol. The number of halogens is 3. The van der Waals surface area contributed by atoms with Gasteiger partial charge in [-0.05, 0) is 66.0 Å². The van der Waals surface area contributed by atoms with Gasteiger partial charge in [0.15, 0.2) is 0 Å². The summed E-state index contributed by atoms with van der Waals surface area (Å²) in [7, 11) is 0. The SMILES string of the molecule is CCS.CCSc1ccc(Sc2cc(CC(N)=O)cc(C(F)(F)F)c2)c(C)c1. The lowest BCUT2D eigenvalue weighted by Crippen LogP contribution is -2.14. The Morgan fingerprint density at radius 3 is 2.25 bits per heavy atom. The van der Waals surface area contributed by atoms with Crippen molar-refractivity contribution in [1.29, 1.82) is 0 Å². The fraction of sp³-hybridized carbons (Fsp3) is 0.350.